The summed E-state index contributed by atoms with van der Waals surface area (Å²) in [6.07, 6.45) is 5.24. The zero-order chi connectivity index (χ0) is 21.6. The molecule has 0 atom stereocenters. The number of anilines is 1. The van der Waals surface area contributed by atoms with Gasteiger partial charge in [-0.15, -0.1) is 24.8 Å². The number of halogens is 3. The van der Waals surface area contributed by atoms with Crippen molar-refractivity contribution in [3.05, 3.63) is 51.2 Å². The van der Waals surface area contributed by atoms with E-state index in [1.807, 2.05) is 25.1 Å². The predicted octanol–water partition coefficient (Wildman–Crippen LogP) is 3.52. The average molecular weight is 517 g/mol. The molecule has 0 aliphatic carbocycles. The lowest BCUT2D eigenvalue weighted by Crippen LogP contribution is -2.32. The van der Waals surface area contributed by atoms with Gasteiger partial charge in [0.25, 0.3) is 5.56 Å². The number of nitrogens with one attached hydrogen (secondary N) is 4. The van der Waals surface area contributed by atoms with E-state index in [-0.39, 0.29) is 30.4 Å². The number of rotatable bonds is 9. The number of hydrogen-bond acceptors (Lipinski definition) is 6. The standard InChI is InChI=1S/C22H30ClN7O.2ClH/c1-15-13-27-21(26-9-6-16-4-7-24-8-5-16)22(31)30(15)11-10-25-14-20-18-12-17(23)2-3-19(18)28-29-20;;/h2-3,12-13,16,24-25H,4-11,14H2,1H3,(H,26,27)(H,28,29);2*1H. The van der Waals surface area contributed by atoms with E-state index in [4.69, 9.17) is 11.6 Å². The third-order valence-corrected chi connectivity index (χ3v) is 6.20. The van der Waals surface area contributed by atoms with Gasteiger partial charge in [0.05, 0.1) is 11.2 Å². The molecule has 11 heteroatoms. The highest BCUT2D eigenvalue weighted by molar-refractivity contribution is 6.31. The van der Waals surface area contributed by atoms with E-state index in [0.29, 0.717) is 30.5 Å². The van der Waals surface area contributed by atoms with Crippen LogP contribution in [0.1, 0.15) is 30.7 Å². The van der Waals surface area contributed by atoms with Gasteiger partial charge in [0.15, 0.2) is 5.82 Å². The second kappa shape index (κ2) is 13.2. The minimum atomic E-state index is -0.0640. The molecule has 0 spiro atoms. The summed E-state index contributed by atoms with van der Waals surface area (Å²) in [5.74, 6) is 1.16. The van der Waals surface area contributed by atoms with Crippen LogP contribution in [0.5, 0.6) is 0 Å². The first kappa shape index (κ1) is 27.4. The van der Waals surface area contributed by atoms with E-state index in [1.165, 1.54) is 12.8 Å². The molecule has 1 saturated heterocycles. The summed E-state index contributed by atoms with van der Waals surface area (Å²) in [5, 5.41) is 19.1. The molecular formula is C22H32Cl3N7O. The first-order valence-corrected chi connectivity index (χ1v) is 11.3. The van der Waals surface area contributed by atoms with Crippen LogP contribution in [0.4, 0.5) is 5.82 Å². The van der Waals surface area contributed by atoms with Gasteiger partial charge < -0.3 is 20.5 Å². The summed E-state index contributed by atoms with van der Waals surface area (Å²) in [5.41, 5.74) is 2.67. The Labute approximate surface area is 211 Å². The van der Waals surface area contributed by atoms with Crippen molar-refractivity contribution in [1.82, 2.24) is 30.4 Å². The molecule has 4 rings (SSSR count). The topological polar surface area (TPSA) is 99.7 Å². The summed E-state index contributed by atoms with van der Waals surface area (Å²) >= 11 is 6.10. The molecular weight excluding hydrogens is 485 g/mol. The fourth-order valence-corrected chi connectivity index (χ4v) is 4.28. The van der Waals surface area contributed by atoms with Crippen molar-refractivity contribution in [2.45, 2.75) is 39.3 Å². The van der Waals surface area contributed by atoms with Crippen molar-refractivity contribution < 1.29 is 0 Å². The Morgan fingerprint density at radius 1 is 1.21 bits per heavy atom. The molecule has 0 amide bonds. The van der Waals surface area contributed by atoms with Gasteiger partial charge in [-0.25, -0.2) is 4.98 Å². The molecule has 0 unspecified atom stereocenters. The zero-order valence-corrected chi connectivity index (χ0v) is 21.1. The Morgan fingerprint density at radius 3 is 2.79 bits per heavy atom. The van der Waals surface area contributed by atoms with Gasteiger partial charge in [0.2, 0.25) is 0 Å². The second-order valence-corrected chi connectivity index (χ2v) is 8.59. The Bertz CT molecular complexity index is 1080. The van der Waals surface area contributed by atoms with E-state index < -0.39 is 0 Å². The fourth-order valence-electron chi connectivity index (χ4n) is 4.11. The van der Waals surface area contributed by atoms with Crippen molar-refractivity contribution in [3.8, 4) is 0 Å². The molecule has 182 valence electrons. The largest absolute Gasteiger partial charge is 0.365 e. The molecule has 33 heavy (non-hydrogen) atoms. The van der Waals surface area contributed by atoms with Gasteiger partial charge in [-0.3, -0.25) is 9.89 Å². The van der Waals surface area contributed by atoms with Crippen LogP contribution in [0.25, 0.3) is 10.9 Å². The van der Waals surface area contributed by atoms with Gasteiger partial charge in [-0.2, -0.15) is 5.10 Å². The van der Waals surface area contributed by atoms with Gasteiger partial charge in [0.1, 0.15) is 0 Å². The van der Waals surface area contributed by atoms with Crippen LogP contribution in [-0.2, 0) is 13.1 Å². The van der Waals surface area contributed by atoms with Crippen molar-refractivity contribution in [1.29, 1.82) is 0 Å². The predicted molar refractivity (Wildman–Crippen MR) is 139 cm³/mol. The zero-order valence-electron chi connectivity index (χ0n) is 18.7. The van der Waals surface area contributed by atoms with Crippen LogP contribution < -0.4 is 21.5 Å². The highest BCUT2D eigenvalue weighted by atomic mass is 35.5. The molecule has 1 aromatic carbocycles. The van der Waals surface area contributed by atoms with Crippen LogP contribution in [0.3, 0.4) is 0 Å². The number of hydrogen-bond donors (Lipinski definition) is 4. The monoisotopic (exact) mass is 515 g/mol. The minimum Gasteiger partial charge on any atom is -0.365 e. The molecule has 2 aromatic heterocycles. The number of H-pyrrole nitrogens is 1. The van der Waals surface area contributed by atoms with Gasteiger partial charge >= 0.3 is 0 Å². The Kier molecular flexibility index (Phi) is 10.9. The Balaban J connectivity index is 0.00000193. The molecule has 1 aliphatic heterocycles. The van der Waals surface area contributed by atoms with Crippen LogP contribution in [0.15, 0.2) is 29.2 Å². The van der Waals surface area contributed by atoms with Crippen molar-refractivity contribution in [3.63, 3.8) is 0 Å². The minimum absolute atomic E-state index is 0. The summed E-state index contributed by atoms with van der Waals surface area (Å²) in [7, 11) is 0. The molecule has 1 fully saturated rings. The fraction of sp³-hybridized carbons (Fsp3) is 0.500. The van der Waals surface area contributed by atoms with Gasteiger partial charge in [0, 0.05) is 48.5 Å². The number of aromatic nitrogens is 4. The maximum atomic E-state index is 12.9. The Hall–Kier alpha value is -1.84. The lowest BCUT2D eigenvalue weighted by atomic mass is 9.95. The molecule has 3 aromatic rings. The normalized spacial score (nSPS) is 14.0. The molecule has 1 aliphatic rings. The second-order valence-electron chi connectivity index (χ2n) is 8.15. The maximum absolute atomic E-state index is 12.9. The lowest BCUT2D eigenvalue weighted by Gasteiger charge is -2.22. The first-order chi connectivity index (χ1) is 15.1. The summed E-state index contributed by atoms with van der Waals surface area (Å²) in [4.78, 5) is 17.2. The summed E-state index contributed by atoms with van der Waals surface area (Å²) < 4.78 is 1.77. The van der Waals surface area contributed by atoms with Crippen LogP contribution in [0.2, 0.25) is 5.02 Å². The molecule has 4 N–H and O–H groups in total. The van der Waals surface area contributed by atoms with E-state index in [9.17, 15) is 4.79 Å². The number of piperidine rings is 1. The molecule has 8 nitrogen and oxygen atoms in total. The smallest absolute Gasteiger partial charge is 0.293 e. The number of fused-ring (bicyclic) bond motifs is 1. The highest BCUT2D eigenvalue weighted by Crippen LogP contribution is 2.20. The molecule has 0 radical (unpaired) electrons. The number of aromatic amines is 1. The molecule has 3 heterocycles. The maximum Gasteiger partial charge on any atom is 0.293 e. The van der Waals surface area contributed by atoms with Crippen LogP contribution in [-0.4, -0.2) is 45.9 Å². The quantitative estimate of drug-likeness (QED) is 0.325. The van der Waals surface area contributed by atoms with Gasteiger partial charge in [-0.1, -0.05) is 11.6 Å². The van der Waals surface area contributed by atoms with Crippen LogP contribution >= 0.6 is 36.4 Å². The lowest BCUT2D eigenvalue weighted by molar-refractivity contribution is 0.361. The SMILES string of the molecule is Cc1cnc(NCCC2CCNCC2)c(=O)n1CCNCc1[nH]nc2ccc(Cl)cc12.Cl.Cl. The van der Waals surface area contributed by atoms with Crippen molar-refractivity contribution in [2.75, 3.05) is 31.5 Å². The van der Waals surface area contributed by atoms with Crippen molar-refractivity contribution >= 4 is 53.1 Å². The van der Waals surface area contributed by atoms with E-state index in [2.05, 4.69) is 31.1 Å². The Morgan fingerprint density at radius 2 is 2.00 bits per heavy atom. The third kappa shape index (κ3) is 7.07. The number of nitrogens with zero attached hydrogens (tertiary/aromatic N) is 3. The number of benzene rings is 1. The summed E-state index contributed by atoms with van der Waals surface area (Å²) in [6, 6.07) is 5.65. The molecule has 0 bridgehead atoms. The number of aryl methyl sites for hydroxylation is 1. The van der Waals surface area contributed by atoms with Crippen LogP contribution in [0, 0.1) is 12.8 Å². The molecule has 0 saturated carbocycles. The van der Waals surface area contributed by atoms with E-state index in [1.54, 1.807) is 10.8 Å². The first-order valence-electron chi connectivity index (χ1n) is 11.0. The summed E-state index contributed by atoms with van der Waals surface area (Å²) in [6.45, 7) is 6.73. The average Bonchev–Trinajstić information content (AvgIpc) is 3.17. The highest BCUT2D eigenvalue weighted by Gasteiger charge is 2.13. The van der Waals surface area contributed by atoms with Crippen molar-refractivity contribution in [2.24, 2.45) is 5.92 Å². The third-order valence-electron chi connectivity index (χ3n) is 5.97. The van der Waals surface area contributed by atoms with E-state index in [0.717, 1.165) is 54.3 Å². The van der Waals surface area contributed by atoms with Gasteiger partial charge in [-0.05, 0) is 63.4 Å². The van der Waals surface area contributed by atoms with E-state index >= 15 is 0 Å².